The van der Waals surface area contributed by atoms with Crippen LogP contribution in [0.15, 0.2) is 101 Å². The summed E-state index contributed by atoms with van der Waals surface area (Å²) in [6, 6.07) is 30.3. The molecular formula is C33H39N3O2S. The van der Waals surface area contributed by atoms with Crippen LogP contribution >= 0.6 is 11.3 Å². The van der Waals surface area contributed by atoms with Crippen molar-refractivity contribution in [1.82, 2.24) is 14.0 Å². The Balaban J connectivity index is 0.00000100. The molecule has 0 aliphatic carbocycles. The highest BCUT2D eigenvalue weighted by Gasteiger charge is 2.23. The lowest BCUT2D eigenvalue weighted by Crippen LogP contribution is -2.38. The van der Waals surface area contributed by atoms with Gasteiger partial charge in [-0.1, -0.05) is 119 Å². The highest BCUT2D eigenvalue weighted by atomic mass is 32.1. The van der Waals surface area contributed by atoms with Crippen LogP contribution in [0.3, 0.4) is 0 Å². The van der Waals surface area contributed by atoms with Crippen LogP contribution in [0.4, 0.5) is 0 Å². The van der Waals surface area contributed by atoms with Gasteiger partial charge in [0.15, 0.2) is 0 Å². The number of fused-ring (bicyclic) bond motifs is 1. The first-order valence-corrected chi connectivity index (χ1v) is 14.4. The lowest BCUT2D eigenvalue weighted by atomic mass is 10.1. The van der Waals surface area contributed by atoms with E-state index in [4.69, 9.17) is 0 Å². The van der Waals surface area contributed by atoms with E-state index in [-0.39, 0.29) is 11.2 Å². The average Bonchev–Trinajstić information content (AvgIpc) is 3.36. The summed E-state index contributed by atoms with van der Waals surface area (Å²) in [5.74, 6) is 0. The molecule has 0 fully saturated rings. The molecule has 0 radical (unpaired) electrons. The quantitative estimate of drug-likeness (QED) is 0.220. The lowest BCUT2D eigenvalue weighted by Gasteiger charge is -2.18. The molecule has 0 aliphatic heterocycles. The number of thiophene rings is 1. The Kier molecular flexibility index (Phi) is 11.0. The summed E-state index contributed by atoms with van der Waals surface area (Å²) in [4.78, 5) is 30.7. The lowest BCUT2D eigenvalue weighted by molar-refractivity contribution is 0.321. The van der Waals surface area contributed by atoms with Crippen LogP contribution in [0.1, 0.15) is 44.4 Å². The third-order valence-corrected chi connectivity index (χ3v) is 7.52. The molecule has 0 saturated carbocycles. The summed E-state index contributed by atoms with van der Waals surface area (Å²) in [7, 11) is 3.64. The van der Waals surface area contributed by atoms with Gasteiger partial charge in [0.05, 0.1) is 11.9 Å². The molecule has 2 heterocycles. The summed E-state index contributed by atoms with van der Waals surface area (Å²) < 4.78 is 2.98. The van der Waals surface area contributed by atoms with Crippen LogP contribution in [0.25, 0.3) is 20.7 Å². The predicted octanol–water partition coefficient (Wildman–Crippen LogP) is 7.16. The van der Waals surface area contributed by atoms with E-state index in [1.54, 1.807) is 11.6 Å². The third-order valence-electron chi connectivity index (χ3n) is 6.21. The number of rotatable bonds is 7. The second-order valence-corrected chi connectivity index (χ2v) is 9.83. The fraction of sp³-hybridized carbons (Fsp3) is 0.273. The SMILES string of the molecule is CC.CC.CN(Cc1ccccc1)Cc1c(-c2ccccc2)sc2c1c(=O)n(C)c(=O)n2Cc1ccccc1. The molecule has 204 valence electrons. The number of hydrogen-bond donors (Lipinski definition) is 0. The Morgan fingerprint density at radius 1 is 0.718 bits per heavy atom. The minimum Gasteiger partial charge on any atom is -0.298 e. The maximum absolute atomic E-state index is 13.5. The van der Waals surface area contributed by atoms with Crippen LogP contribution in [0.5, 0.6) is 0 Å². The Morgan fingerprint density at radius 3 is 1.79 bits per heavy atom. The third kappa shape index (κ3) is 6.83. The molecule has 5 rings (SSSR count). The predicted molar refractivity (Wildman–Crippen MR) is 167 cm³/mol. The fourth-order valence-electron chi connectivity index (χ4n) is 4.48. The smallest absolute Gasteiger partial charge is 0.298 e. The molecule has 5 nitrogen and oxygen atoms in total. The van der Waals surface area contributed by atoms with Gasteiger partial charge in [-0.3, -0.25) is 18.8 Å². The summed E-state index contributed by atoms with van der Waals surface area (Å²) >= 11 is 1.53. The van der Waals surface area contributed by atoms with Gasteiger partial charge in [0, 0.05) is 25.0 Å². The average molecular weight is 542 g/mol. The number of aromatic nitrogens is 2. The molecule has 6 heteroatoms. The Hall–Kier alpha value is -3.74. The molecule has 39 heavy (non-hydrogen) atoms. The van der Waals surface area contributed by atoms with Gasteiger partial charge in [-0.2, -0.15) is 0 Å². The maximum atomic E-state index is 13.5. The number of benzene rings is 3. The zero-order valence-electron chi connectivity index (χ0n) is 23.8. The minimum atomic E-state index is -0.295. The van der Waals surface area contributed by atoms with E-state index in [9.17, 15) is 9.59 Å². The standard InChI is InChI=1S/C29H27N3O2S.2C2H6/c1-30(18-21-12-6-3-7-13-21)20-24-25-27(33)31(2)29(34)32(19-22-14-8-4-9-15-22)28(25)35-26(24)23-16-10-5-11-17-23;2*1-2/h3-17H,18-20H2,1-2H3;2*1-2H3. The van der Waals surface area contributed by atoms with E-state index in [0.717, 1.165) is 32.9 Å². The molecule has 0 spiro atoms. The van der Waals surface area contributed by atoms with Crippen LogP contribution < -0.4 is 11.2 Å². The molecule has 0 bridgehead atoms. The van der Waals surface area contributed by atoms with Crippen molar-refractivity contribution in [2.75, 3.05) is 7.05 Å². The van der Waals surface area contributed by atoms with Crippen molar-refractivity contribution in [2.45, 2.75) is 47.3 Å². The second-order valence-electron chi connectivity index (χ2n) is 8.83. The van der Waals surface area contributed by atoms with Gasteiger partial charge in [0.2, 0.25) is 0 Å². The van der Waals surface area contributed by atoms with E-state index in [1.165, 1.54) is 21.5 Å². The van der Waals surface area contributed by atoms with Crippen molar-refractivity contribution >= 4 is 21.6 Å². The number of nitrogens with zero attached hydrogens (tertiary/aromatic N) is 3. The van der Waals surface area contributed by atoms with Gasteiger partial charge in [-0.15, -0.1) is 11.3 Å². The normalized spacial score (nSPS) is 10.5. The van der Waals surface area contributed by atoms with Gasteiger partial charge in [-0.05, 0) is 29.3 Å². The topological polar surface area (TPSA) is 47.2 Å². The van der Waals surface area contributed by atoms with Gasteiger partial charge in [0.25, 0.3) is 5.56 Å². The maximum Gasteiger partial charge on any atom is 0.332 e. The fourth-order valence-corrected chi connectivity index (χ4v) is 5.79. The van der Waals surface area contributed by atoms with Crippen LogP contribution in [0, 0.1) is 0 Å². The van der Waals surface area contributed by atoms with E-state index in [1.807, 2.05) is 94.4 Å². The molecule has 0 saturated heterocycles. The van der Waals surface area contributed by atoms with Crippen molar-refractivity contribution in [3.05, 3.63) is 129 Å². The van der Waals surface area contributed by atoms with E-state index < -0.39 is 0 Å². The molecular weight excluding hydrogens is 502 g/mol. The highest BCUT2D eigenvalue weighted by molar-refractivity contribution is 7.22. The number of hydrogen-bond acceptors (Lipinski definition) is 4. The van der Waals surface area contributed by atoms with Gasteiger partial charge in [-0.25, -0.2) is 4.79 Å². The van der Waals surface area contributed by atoms with Crippen molar-refractivity contribution < 1.29 is 0 Å². The molecule has 0 unspecified atom stereocenters. The van der Waals surface area contributed by atoms with Crippen molar-refractivity contribution in [3.8, 4) is 10.4 Å². The second kappa shape index (κ2) is 14.4. The van der Waals surface area contributed by atoms with Gasteiger partial charge >= 0.3 is 5.69 Å². The summed E-state index contributed by atoms with van der Waals surface area (Å²) in [6.07, 6.45) is 0. The molecule has 5 aromatic rings. The van der Waals surface area contributed by atoms with Gasteiger partial charge < -0.3 is 0 Å². The Morgan fingerprint density at radius 2 is 1.23 bits per heavy atom. The molecule has 0 aliphatic rings. The van der Waals surface area contributed by atoms with Gasteiger partial charge in [0.1, 0.15) is 4.83 Å². The summed E-state index contributed by atoms with van der Waals surface area (Å²) in [5, 5.41) is 0.631. The Labute approximate surface area is 235 Å². The van der Waals surface area contributed by atoms with Crippen LogP contribution in [-0.4, -0.2) is 21.1 Å². The largest absolute Gasteiger partial charge is 0.332 e. The molecule has 2 aromatic heterocycles. The highest BCUT2D eigenvalue weighted by Crippen LogP contribution is 2.37. The van der Waals surface area contributed by atoms with Crippen molar-refractivity contribution in [2.24, 2.45) is 7.05 Å². The van der Waals surface area contributed by atoms with E-state index in [2.05, 4.69) is 36.2 Å². The first-order chi connectivity index (χ1) is 19.0. The summed E-state index contributed by atoms with van der Waals surface area (Å²) in [5.41, 5.74) is 3.72. The first kappa shape index (κ1) is 29.8. The van der Waals surface area contributed by atoms with E-state index >= 15 is 0 Å². The van der Waals surface area contributed by atoms with Crippen molar-refractivity contribution in [3.63, 3.8) is 0 Å². The minimum absolute atomic E-state index is 0.240. The zero-order chi connectivity index (χ0) is 28.4. The van der Waals surface area contributed by atoms with Crippen LogP contribution in [-0.2, 0) is 26.7 Å². The van der Waals surface area contributed by atoms with Crippen molar-refractivity contribution in [1.29, 1.82) is 0 Å². The van der Waals surface area contributed by atoms with E-state index in [0.29, 0.717) is 18.5 Å². The molecule has 0 amide bonds. The molecule has 0 atom stereocenters. The van der Waals surface area contributed by atoms with Crippen LogP contribution in [0.2, 0.25) is 0 Å². The first-order valence-electron chi connectivity index (χ1n) is 13.6. The molecule has 3 aromatic carbocycles. The summed E-state index contributed by atoms with van der Waals surface area (Å²) in [6.45, 7) is 9.77. The monoisotopic (exact) mass is 541 g/mol. The Bertz CT molecular complexity index is 1570. The molecule has 0 N–H and O–H groups in total. The zero-order valence-corrected chi connectivity index (χ0v) is 24.7.